The summed E-state index contributed by atoms with van der Waals surface area (Å²) in [6.45, 7) is 12.6. The molecule has 3 heterocycles. The van der Waals surface area contributed by atoms with Crippen LogP contribution in [-0.4, -0.2) is 78.1 Å². The van der Waals surface area contributed by atoms with Crippen LogP contribution < -0.4 is 0 Å². The second-order valence-electron chi connectivity index (χ2n) is 18.4. The summed E-state index contributed by atoms with van der Waals surface area (Å²) < 4.78 is 7.58. The number of fused-ring (bicyclic) bond motifs is 2. The van der Waals surface area contributed by atoms with Crippen molar-refractivity contribution < 1.29 is 19.4 Å². The Morgan fingerprint density at radius 3 is 2.45 bits per heavy atom. The molecule has 3 unspecified atom stereocenters. The monoisotopic (exact) mass is 648 g/mol. The lowest BCUT2D eigenvalue weighted by molar-refractivity contribution is -0.198. The number of rotatable bonds is 10. The van der Waals surface area contributed by atoms with Crippen LogP contribution in [0.5, 0.6) is 0 Å². The molecule has 0 aromatic rings. The first kappa shape index (κ1) is 32.9. The maximum Gasteiger partial charge on any atom is 0.315 e. The third-order valence-electron chi connectivity index (χ3n) is 16.1. The molecule has 5 aliphatic carbocycles. The smallest absolute Gasteiger partial charge is 0.315 e. The van der Waals surface area contributed by atoms with Crippen LogP contribution in [0.15, 0.2) is 11.6 Å². The molecule has 6 nitrogen and oxygen atoms in total. The number of carbonyl (C=O) groups is 2. The SMILES string of the molecule is CC(C)C1=CC2CC3(C=O)[C@@H]4CC[C@@H](C)[C@H]4CC2([C@H]2C[C@@H](CC4CCCC4)[C@H](CN4CCCC[C@@H]4CN4CCCCC4)O2)[C@]13C(=O)O. The largest absolute Gasteiger partial charge is 0.481 e. The molecule has 0 amide bonds. The summed E-state index contributed by atoms with van der Waals surface area (Å²) in [6, 6.07) is 0.606. The number of ether oxygens (including phenoxy) is 1. The van der Waals surface area contributed by atoms with E-state index in [0.717, 1.165) is 50.1 Å². The lowest BCUT2D eigenvalue weighted by Crippen LogP contribution is -2.65. The highest BCUT2D eigenvalue weighted by Crippen LogP contribution is 2.84. The molecule has 0 aromatic carbocycles. The van der Waals surface area contributed by atoms with E-state index in [2.05, 4.69) is 36.6 Å². The molecule has 0 aromatic heterocycles. The number of allylic oxidation sites excluding steroid dienone is 1. The molecule has 262 valence electrons. The zero-order chi connectivity index (χ0) is 32.6. The summed E-state index contributed by atoms with van der Waals surface area (Å²) in [6.07, 6.45) is 23.0. The number of hydrogen-bond acceptors (Lipinski definition) is 5. The second-order valence-corrected chi connectivity index (χ2v) is 18.4. The molecule has 3 aliphatic heterocycles. The van der Waals surface area contributed by atoms with Gasteiger partial charge in [0.1, 0.15) is 11.7 Å². The van der Waals surface area contributed by atoms with Gasteiger partial charge in [0.25, 0.3) is 0 Å². The fourth-order valence-electron chi connectivity index (χ4n) is 14.3. The lowest BCUT2D eigenvalue weighted by Gasteiger charge is -2.60. The molecule has 8 rings (SSSR count). The van der Waals surface area contributed by atoms with E-state index in [-0.39, 0.29) is 30.0 Å². The molecule has 0 spiro atoms. The minimum Gasteiger partial charge on any atom is -0.481 e. The van der Waals surface area contributed by atoms with Gasteiger partial charge in [-0.05, 0) is 119 Å². The number of hydrogen-bond donors (Lipinski definition) is 1. The summed E-state index contributed by atoms with van der Waals surface area (Å²) in [5, 5.41) is 11.7. The van der Waals surface area contributed by atoms with Crippen LogP contribution in [0.3, 0.4) is 0 Å². The van der Waals surface area contributed by atoms with Gasteiger partial charge < -0.3 is 19.5 Å². The third-order valence-corrected chi connectivity index (χ3v) is 16.1. The van der Waals surface area contributed by atoms with Gasteiger partial charge in [-0.1, -0.05) is 77.4 Å². The van der Waals surface area contributed by atoms with Gasteiger partial charge in [-0.15, -0.1) is 0 Å². The van der Waals surface area contributed by atoms with Crippen molar-refractivity contribution in [3.63, 3.8) is 0 Å². The number of carboxylic acid groups (broad SMARTS) is 1. The van der Waals surface area contributed by atoms with Crippen LogP contribution in [0.25, 0.3) is 0 Å². The van der Waals surface area contributed by atoms with Crippen molar-refractivity contribution in [2.75, 3.05) is 32.7 Å². The summed E-state index contributed by atoms with van der Waals surface area (Å²) in [4.78, 5) is 33.5. The topological polar surface area (TPSA) is 70.1 Å². The lowest BCUT2D eigenvalue weighted by atomic mass is 9.41. The van der Waals surface area contributed by atoms with Crippen molar-refractivity contribution >= 4 is 12.3 Å². The number of aliphatic carboxylic acids is 1. The average Bonchev–Trinajstić information content (AvgIpc) is 3.88. The van der Waals surface area contributed by atoms with E-state index in [4.69, 9.17) is 4.74 Å². The minimum atomic E-state index is -1.13. The van der Waals surface area contributed by atoms with Gasteiger partial charge >= 0.3 is 5.97 Å². The van der Waals surface area contributed by atoms with E-state index in [1.807, 2.05) is 0 Å². The van der Waals surface area contributed by atoms with E-state index in [1.54, 1.807) is 0 Å². The number of likely N-dealkylation sites (tertiary alicyclic amines) is 2. The number of carbonyl (C=O) groups excluding carboxylic acids is 1. The molecule has 8 aliphatic rings. The van der Waals surface area contributed by atoms with Crippen LogP contribution in [0.2, 0.25) is 0 Å². The normalized spacial score (nSPS) is 47.1. The maximum absolute atomic E-state index is 14.2. The van der Waals surface area contributed by atoms with E-state index < -0.39 is 22.2 Å². The van der Waals surface area contributed by atoms with Crippen molar-refractivity contribution in [1.29, 1.82) is 0 Å². The van der Waals surface area contributed by atoms with Crippen molar-refractivity contribution in [2.45, 2.75) is 142 Å². The molecule has 7 fully saturated rings. The molecule has 4 saturated carbocycles. The quantitative estimate of drug-likeness (QED) is 0.194. The predicted octanol–water partition coefficient (Wildman–Crippen LogP) is 7.61. The second kappa shape index (κ2) is 12.5. The third kappa shape index (κ3) is 4.79. The number of aldehydes is 1. The highest BCUT2D eigenvalue weighted by molar-refractivity contribution is 5.90. The Hall–Kier alpha value is -1.24. The summed E-state index contributed by atoms with van der Waals surface area (Å²) in [7, 11) is 0. The van der Waals surface area contributed by atoms with E-state index in [9.17, 15) is 14.7 Å². The Kier molecular flexibility index (Phi) is 8.77. The fraction of sp³-hybridized carbons (Fsp3) is 0.902. The van der Waals surface area contributed by atoms with Crippen LogP contribution >= 0.6 is 0 Å². The zero-order valence-corrected chi connectivity index (χ0v) is 29.8. The fourth-order valence-corrected chi connectivity index (χ4v) is 14.3. The van der Waals surface area contributed by atoms with Gasteiger partial charge in [-0.3, -0.25) is 9.69 Å². The Morgan fingerprint density at radius 1 is 0.979 bits per heavy atom. The predicted molar refractivity (Wildman–Crippen MR) is 185 cm³/mol. The van der Waals surface area contributed by atoms with Crippen molar-refractivity contribution in [1.82, 2.24) is 9.80 Å². The number of piperidine rings is 2. The van der Waals surface area contributed by atoms with Crippen LogP contribution in [-0.2, 0) is 14.3 Å². The standard InChI is InChI=1S/C41H64N2O4/c1-27(2)35-21-31-22-39(26-44)34-15-14-28(3)33(34)23-40(31,41(35,39)38(45)46)37-20-30(19-29-11-5-6-12-29)36(47-37)25-43-18-10-7-13-32(43)24-42-16-8-4-9-17-42/h21,26-34,36-37H,4-20,22-25H2,1-3H3,(H,45,46)/t28-,30-,31?,32-,33-,34-,36+,37-,39?,40?,41+/m1/s1. The Bertz CT molecular complexity index is 1220. The van der Waals surface area contributed by atoms with E-state index >= 15 is 0 Å². The molecule has 47 heavy (non-hydrogen) atoms. The summed E-state index contributed by atoms with van der Waals surface area (Å²) >= 11 is 0. The summed E-state index contributed by atoms with van der Waals surface area (Å²) in [5.41, 5.74) is -1.40. The Labute approximate surface area is 284 Å². The molecular weight excluding hydrogens is 584 g/mol. The first-order valence-electron chi connectivity index (χ1n) is 20.3. The van der Waals surface area contributed by atoms with Gasteiger partial charge in [0.15, 0.2) is 0 Å². The van der Waals surface area contributed by atoms with Gasteiger partial charge in [-0.2, -0.15) is 0 Å². The highest BCUT2D eigenvalue weighted by Gasteiger charge is 2.86. The molecular formula is C41H64N2O4. The number of carboxylic acids is 1. The minimum absolute atomic E-state index is 0.0894. The molecule has 3 saturated heterocycles. The number of nitrogens with zero attached hydrogens (tertiary/aromatic N) is 2. The van der Waals surface area contributed by atoms with Crippen molar-refractivity contribution in [2.24, 2.45) is 57.7 Å². The Balaban J connectivity index is 1.15. The van der Waals surface area contributed by atoms with Crippen LogP contribution in [0.4, 0.5) is 0 Å². The molecule has 11 atom stereocenters. The summed E-state index contributed by atoms with van der Waals surface area (Å²) in [5.74, 6) is 1.92. The zero-order valence-electron chi connectivity index (χ0n) is 29.8. The van der Waals surface area contributed by atoms with Crippen LogP contribution in [0.1, 0.15) is 124 Å². The Morgan fingerprint density at radius 2 is 1.72 bits per heavy atom. The molecule has 1 N–H and O–H groups in total. The first-order valence-corrected chi connectivity index (χ1v) is 20.3. The van der Waals surface area contributed by atoms with Gasteiger partial charge in [-0.25, -0.2) is 0 Å². The van der Waals surface area contributed by atoms with Crippen molar-refractivity contribution in [3.05, 3.63) is 11.6 Å². The van der Waals surface area contributed by atoms with E-state index in [1.165, 1.54) is 103 Å². The van der Waals surface area contributed by atoms with Gasteiger partial charge in [0.2, 0.25) is 0 Å². The van der Waals surface area contributed by atoms with Gasteiger partial charge in [0, 0.05) is 24.5 Å². The highest BCUT2D eigenvalue weighted by atomic mass is 16.5. The van der Waals surface area contributed by atoms with Gasteiger partial charge in [0.05, 0.1) is 17.6 Å². The van der Waals surface area contributed by atoms with E-state index in [0.29, 0.717) is 23.8 Å². The molecule has 4 bridgehead atoms. The first-order chi connectivity index (χ1) is 22.7. The molecule has 0 radical (unpaired) electrons. The van der Waals surface area contributed by atoms with Crippen molar-refractivity contribution in [3.8, 4) is 0 Å². The maximum atomic E-state index is 14.2. The molecule has 6 heteroatoms. The van der Waals surface area contributed by atoms with Crippen LogP contribution in [0, 0.1) is 57.7 Å². The average molecular weight is 649 g/mol.